The lowest BCUT2D eigenvalue weighted by Crippen LogP contribution is -2.45. The number of carbonyl (C=O) groups excluding carboxylic acids is 1. The van der Waals surface area contributed by atoms with E-state index >= 15 is 0 Å². The number of anilines is 1. The smallest absolute Gasteiger partial charge is 0.269 e. The molecule has 110 valence electrons. The second kappa shape index (κ2) is 7.19. The molecule has 0 unspecified atom stereocenters. The zero-order valence-electron chi connectivity index (χ0n) is 11.8. The molecule has 0 aromatic carbocycles. The molecule has 0 atom stereocenters. The van der Waals surface area contributed by atoms with Gasteiger partial charge in [-0.3, -0.25) is 10.2 Å². The van der Waals surface area contributed by atoms with Gasteiger partial charge in [-0.25, -0.2) is 14.4 Å². The van der Waals surface area contributed by atoms with Crippen LogP contribution in [0.4, 0.5) is 10.2 Å². The zero-order valence-corrected chi connectivity index (χ0v) is 11.8. The maximum absolute atomic E-state index is 13.3. The molecule has 5 nitrogen and oxygen atoms in total. The van der Waals surface area contributed by atoms with Crippen molar-refractivity contribution in [3.05, 3.63) is 23.6 Å². The summed E-state index contributed by atoms with van der Waals surface area (Å²) < 4.78 is 13.3. The average Bonchev–Trinajstić information content (AvgIpc) is 2.47. The first-order valence-corrected chi connectivity index (χ1v) is 7.16. The number of nitrogens with zero attached hydrogens (tertiary/aromatic N) is 2. The minimum Gasteiger partial charge on any atom is -0.369 e. The van der Waals surface area contributed by atoms with Gasteiger partial charge in [0.2, 0.25) is 0 Å². The molecule has 2 N–H and O–H groups in total. The van der Waals surface area contributed by atoms with Gasteiger partial charge >= 0.3 is 0 Å². The predicted octanol–water partition coefficient (Wildman–Crippen LogP) is 2.17. The number of piperidine rings is 1. The Morgan fingerprint density at radius 2 is 2.15 bits per heavy atom. The number of aromatic nitrogens is 1. The summed E-state index contributed by atoms with van der Waals surface area (Å²) in [5, 5.41) is 4.94. The molecule has 0 radical (unpaired) electrons. The minimum atomic E-state index is -0.504. The Bertz CT molecular complexity index is 460. The molecule has 2 heterocycles. The van der Waals surface area contributed by atoms with Crippen LogP contribution in [0, 0.1) is 5.82 Å². The van der Waals surface area contributed by atoms with Crippen LogP contribution < -0.4 is 10.7 Å². The highest BCUT2D eigenvalue weighted by atomic mass is 19.1. The monoisotopic (exact) mass is 280 g/mol. The van der Waals surface area contributed by atoms with Gasteiger partial charge in [0.15, 0.2) is 0 Å². The Labute approximate surface area is 118 Å². The molecule has 1 aromatic rings. The number of hydrogen-bond donors (Lipinski definition) is 2. The van der Waals surface area contributed by atoms with Gasteiger partial charge in [0.05, 0.1) is 11.8 Å². The Balaban J connectivity index is 2.08. The van der Waals surface area contributed by atoms with Crippen LogP contribution in [-0.2, 0) is 0 Å². The topological polar surface area (TPSA) is 57.3 Å². The summed E-state index contributed by atoms with van der Waals surface area (Å²) in [6.07, 6.45) is 5.37. The number of hydrazine groups is 1. The van der Waals surface area contributed by atoms with Crippen LogP contribution in [0.3, 0.4) is 0 Å². The SMILES string of the molecule is CCCNc1ncc(F)cc1C(=O)NN1CCCCC1. The maximum atomic E-state index is 13.3. The van der Waals surface area contributed by atoms with Crippen LogP contribution >= 0.6 is 0 Å². The van der Waals surface area contributed by atoms with E-state index in [1.807, 2.05) is 11.9 Å². The van der Waals surface area contributed by atoms with E-state index in [2.05, 4.69) is 15.7 Å². The lowest BCUT2D eigenvalue weighted by molar-refractivity contribution is 0.0750. The fourth-order valence-electron chi connectivity index (χ4n) is 2.21. The first-order valence-electron chi connectivity index (χ1n) is 7.16. The van der Waals surface area contributed by atoms with E-state index in [4.69, 9.17) is 0 Å². The number of rotatable bonds is 5. The Kier molecular flexibility index (Phi) is 5.29. The number of hydrogen-bond acceptors (Lipinski definition) is 4. The van der Waals surface area contributed by atoms with E-state index in [1.54, 1.807) is 0 Å². The van der Waals surface area contributed by atoms with Gasteiger partial charge in [-0.2, -0.15) is 0 Å². The van der Waals surface area contributed by atoms with Crippen LogP contribution in [0.1, 0.15) is 43.0 Å². The van der Waals surface area contributed by atoms with E-state index in [-0.39, 0.29) is 11.5 Å². The largest absolute Gasteiger partial charge is 0.369 e. The molecule has 1 saturated heterocycles. The van der Waals surface area contributed by atoms with E-state index < -0.39 is 5.82 Å². The fourth-order valence-corrected chi connectivity index (χ4v) is 2.21. The van der Waals surface area contributed by atoms with Crippen molar-refractivity contribution in [2.75, 3.05) is 25.0 Å². The number of nitrogens with one attached hydrogen (secondary N) is 2. The molecule has 0 saturated carbocycles. The second-order valence-electron chi connectivity index (χ2n) is 4.97. The molecule has 1 aliphatic rings. The molecule has 1 aliphatic heterocycles. The van der Waals surface area contributed by atoms with Crippen LogP contribution in [0.5, 0.6) is 0 Å². The molecule has 1 amide bonds. The van der Waals surface area contributed by atoms with Crippen molar-refractivity contribution >= 4 is 11.7 Å². The van der Waals surface area contributed by atoms with Gasteiger partial charge in [0.1, 0.15) is 11.6 Å². The third kappa shape index (κ3) is 3.90. The molecule has 0 bridgehead atoms. The van der Waals surface area contributed by atoms with Gasteiger partial charge in [-0.05, 0) is 25.3 Å². The summed E-state index contributed by atoms with van der Waals surface area (Å²) >= 11 is 0. The highest BCUT2D eigenvalue weighted by Gasteiger charge is 2.18. The second-order valence-corrected chi connectivity index (χ2v) is 4.97. The molecule has 0 aliphatic carbocycles. The quantitative estimate of drug-likeness (QED) is 0.868. The van der Waals surface area contributed by atoms with E-state index in [9.17, 15) is 9.18 Å². The molecular weight excluding hydrogens is 259 g/mol. The molecule has 1 fully saturated rings. The summed E-state index contributed by atoms with van der Waals surface area (Å²) in [6, 6.07) is 1.23. The summed E-state index contributed by atoms with van der Waals surface area (Å²) in [6.45, 7) is 4.39. The summed E-state index contributed by atoms with van der Waals surface area (Å²) in [7, 11) is 0. The van der Waals surface area contributed by atoms with Gasteiger partial charge in [-0.15, -0.1) is 0 Å². The standard InChI is InChI=1S/C14H21FN4O/c1-2-6-16-13-12(9-11(15)10-17-13)14(20)18-19-7-4-3-5-8-19/h9-10H,2-8H2,1H3,(H,16,17)(H,18,20). The molecular formula is C14H21FN4O. The lowest BCUT2D eigenvalue weighted by atomic mass is 10.2. The van der Waals surface area contributed by atoms with Crippen molar-refractivity contribution in [1.29, 1.82) is 0 Å². The number of halogens is 1. The Morgan fingerprint density at radius 1 is 1.40 bits per heavy atom. The predicted molar refractivity (Wildman–Crippen MR) is 75.9 cm³/mol. The number of carbonyl (C=O) groups is 1. The van der Waals surface area contributed by atoms with Crippen molar-refractivity contribution in [2.24, 2.45) is 0 Å². The average molecular weight is 280 g/mol. The zero-order chi connectivity index (χ0) is 14.4. The van der Waals surface area contributed by atoms with Crippen molar-refractivity contribution in [1.82, 2.24) is 15.4 Å². The summed E-state index contributed by atoms with van der Waals surface area (Å²) in [5.41, 5.74) is 3.08. The molecule has 20 heavy (non-hydrogen) atoms. The van der Waals surface area contributed by atoms with E-state index in [1.165, 1.54) is 12.5 Å². The van der Waals surface area contributed by atoms with Gasteiger partial charge in [-0.1, -0.05) is 13.3 Å². The first kappa shape index (κ1) is 14.7. The third-order valence-electron chi connectivity index (χ3n) is 3.26. The Morgan fingerprint density at radius 3 is 2.85 bits per heavy atom. The molecule has 1 aromatic heterocycles. The highest BCUT2D eigenvalue weighted by Crippen LogP contribution is 2.14. The first-order chi connectivity index (χ1) is 9.70. The van der Waals surface area contributed by atoms with Crippen LogP contribution in [0.2, 0.25) is 0 Å². The van der Waals surface area contributed by atoms with E-state index in [0.29, 0.717) is 12.4 Å². The number of pyridine rings is 1. The number of amides is 1. The summed E-state index contributed by atoms with van der Waals surface area (Å²) in [4.78, 5) is 16.2. The normalized spacial score (nSPS) is 15.9. The highest BCUT2D eigenvalue weighted by molar-refractivity contribution is 5.98. The molecule has 0 spiro atoms. The van der Waals surface area contributed by atoms with Gasteiger partial charge < -0.3 is 5.32 Å². The lowest BCUT2D eigenvalue weighted by Gasteiger charge is -2.27. The van der Waals surface area contributed by atoms with E-state index in [0.717, 1.165) is 38.5 Å². The fraction of sp³-hybridized carbons (Fsp3) is 0.571. The van der Waals surface area contributed by atoms with Crippen LogP contribution in [0.25, 0.3) is 0 Å². The minimum absolute atomic E-state index is 0.254. The Hall–Kier alpha value is -1.69. The van der Waals surface area contributed by atoms with Crippen molar-refractivity contribution in [3.63, 3.8) is 0 Å². The van der Waals surface area contributed by atoms with Crippen molar-refractivity contribution in [2.45, 2.75) is 32.6 Å². The van der Waals surface area contributed by atoms with Gasteiger partial charge in [0, 0.05) is 19.6 Å². The maximum Gasteiger partial charge on any atom is 0.269 e. The van der Waals surface area contributed by atoms with Crippen molar-refractivity contribution in [3.8, 4) is 0 Å². The van der Waals surface area contributed by atoms with Crippen LogP contribution in [0.15, 0.2) is 12.3 Å². The summed E-state index contributed by atoms with van der Waals surface area (Å²) in [5.74, 6) is -0.379. The molecule has 2 rings (SSSR count). The molecule has 6 heteroatoms. The van der Waals surface area contributed by atoms with Crippen LogP contribution in [-0.4, -0.2) is 35.5 Å². The van der Waals surface area contributed by atoms with Crippen molar-refractivity contribution < 1.29 is 9.18 Å². The van der Waals surface area contributed by atoms with Gasteiger partial charge in [0.25, 0.3) is 5.91 Å². The third-order valence-corrected chi connectivity index (χ3v) is 3.26.